The zero-order valence-corrected chi connectivity index (χ0v) is 10.6. The summed E-state index contributed by atoms with van der Waals surface area (Å²) in [5.41, 5.74) is 2.08. The molecule has 0 bridgehead atoms. The van der Waals surface area contributed by atoms with Crippen molar-refractivity contribution in [1.29, 1.82) is 0 Å². The van der Waals surface area contributed by atoms with Gasteiger partial charge in [0.1, 0.15) is 0 Å². The fourth-order valence-corrected chi connectivity index (χ4v) is 1.78. The van der Waals surface area contributed by atoms with Gasteiger partial charge in [0, 0.05) is 19.8 Å². The predicted octanol–water partition coefficient (Wildman–Crippen LogP) is 1.08. The van der Waals surface area contributed by atoms with Gasteiger partial charge in [0.15, 0.2) is 5.65 Å². The second-order valence-corrected chi connectivity index (χ2v) is 4.25. The highest BCUT2D eigenvalue weighted by atomic mass is 15.4. The molecule has 0 unspecified atom stereocenters. The molecule has 0 saturated carbocycles. The zero-order valence-electron chi connectivity index (χ0n) is 10.6. The minimum absolute atomic E-state index is 0.787. The van der Waals surface area contributed by atoms with Gasteiger partial charge in [-0.15, -0.1) is 5.10 Å². The molecule has 5 nitrogen and oxygen atoms in total. The molecule has 5 heteroatoms. The summed E-state index contributed by atoms with van der Waals surface area (Å²) in [6.45, 7) is 4.02. The van der Waals surface area contributed by atoms with Crippen LogP contribution in [0.4, 0.5) is 5.95 Å². The van der Waals surface area contributed by atoms with Crippen LogP contribution in [0.5, 0.6) is 0 Å². The molecule has 0 atom stereocenters. The second kappa shape index (κ2) is 5.14. The van der Waals surface area contributed by atoms with E-state index in [2.05, 4.69) is 33.3 Å². The van der Waals surface area contributed by atoms with Crippen molar-refractivity contribution in [3.63, 3.8) is 0 Å². The lowest BCUT2D eigenvalue weighted by atomic mass is 10.3. The number of fused-ring (bicyclic) bond motifs is 1. The van der Waals surface area contributed by atoms with Gasteiger partial charge in [-0.2, -0.15) is 4.98 Å². The van der Waals surface area contributed by atoms with Crippen molar-refractivity contribution in [2.75, 3.05) is 32.1 Å². The van der Waals surface area contributed by atoms with Crippen LogP contribution in [0.3, 0.4) is 0 Å². The number of hydrogen-bond acceptors (Lipinski definition) is 4. The van der Waals surface area contributed by atoms with Crippen LogP contribution in [-0.4, -0.2) is 41.8 Å². The van der Waals surface area contributed by atoms with Crippen LogP contribution in [-0.2, 0) is 0 Å². The Bertz CT molecular complexity index is 491. The molecule has 0 aromatic carbocycles. The number of rotatable bonds is 5. The molecule has 0 aliphatic rings. The van der Waals surface area contributed by atoms with Crippen LogP contribution in [0.15, 0.2) is 18.3 Å². The van der Waals surface area contributed by atoms with E-state index in [4.69, 9.17) is 0 Å². The molecule has 2 aromatic heterocycles. The summed E-state index contributed by atoms with van der Waals surface area (Å²) in [6, 6.07) is 4.04. The number of pyridine rings is 1. The Morgan fingerprint density at radius 2 is 2.29 bits per heavy atom. The van der Waals surface area contributed by atoms with Gasteiger partial charge in [-0.1, -0.05) is 6.07 Å². The zero-order chi connectivity index (χ0) is 12.3. The first-order valence-corrected chi connectivity index (χ1v) is 5.90. The summed E-state index contributed by atoms with van der Waals surface area (Å²) in [5.74, 6) is 0.787. The molecule has 92 valence electrons. The Hall–Kier alpha value is -1.62. The minimum Gasteiger partial charge on any atom is -0.343 e. The third kappa shape index (κ3) is 2.55. The topological polar surface area (TPSA) is 45.5 Å². The molecule has 0 radical (unpaired) electrons. The number of anilines is 1. The normalized spacial score (nSPS) is 11.0. The van der Waals surface area contributed by atoms with Gasteiger partial charge in [-0.05, 0) is 38.6 Å². The van der Waals surface area contributed by atoms with E-state index in [1.165, 1.54) is 0 Å². The summed E-state index contributed by atoms with van der Waals surface area (Å²) < 4.78 is 1.83. The van der Waals surface area contributed by atoms with E-state index in [0.717, 1.165) is 36.7 Å². The van der Waals surface area contributed by atoms with Crippen molar-refractivity contribution < 1.29 is 0 Å². The van der Waals surface area contributed by atoms with E-state index in [1.54, 1.807) is 0 Å². The van der Waals surface area contributed by atoms with E-state index < -0.39 is 0 Å². The molecule has 0 aliphatic carbocycles. The SMILES string of the molecule is CNCCCN(C)c1nc2c(C)cccn2n1. The van der Waals surface area contributed by atoms with Crippen LogP contribution in [0, 0.1) is 6.92 Å². The highest BCUT2D eigenvalue weighted by Crippen LogP contribution is 2.12. The largest absolute Gasteiger partial charge is 0.343 e. The monoisotopic (exact) mass is 233 g/mol. The molecule has 2 heterocycles. The molecule has 17 heavy (non-hydrogen) atoms. The van der Waals surface area contributed by atoms with Crippen LogP contribution in [0.1, 0.15) is 12.0 Å². The Morgan fingerprint density at radius 1 is 1.47 bits per heavy atom. The van der Waals surface area contributed by atoms with E-state index in [0.29, 0.717) is 0 Å². The molecule has 0 aliphatic heterocycles. The Labute approximate surface area is 101 Å². The number of nitrogens with one attached hydrogen (secondary N) is 1. The van der Waals surface area contributed by atoms with E-state index in [-0.39, 0.29) is 0 Å². The molecule has 0 spiro atoms. The number of nitrogens with zero attached hydrogens (tertiary/aromatic N) is 4. The van der Waals surface area contributed by atoms with Gasteiger partial charge in [0.2, 0.25) is 5.95 Å². The van der Waals surface area contributed by atoms with Gasteiger partial charge in [-0.25, -0.2) is 4.52 Å². The predicted molar refractivity (Wildman–Crippen MR) is 69.5 cm³/mol. The smallest absolute Gasteiger partial charge is 0.245 e. The second-order valence-electron chi connectivity index (χ2n) is 4.25. The average molecular weight is 233 g/mol. The van der Waals surface area contributed by atoms with Gasteiger partial charge in [0.05, 0.1) is 0 Å². The fraction of sp³-hybridized carbons (Fsp3) is 0.500. The maximum atomic E-state index is 4.55. The molecule has 0 fully saturated rings. The highest BCUT2D eigenvalue weighted by Gasteiger charge is 2.09. The third-order valence-electron chi connectivity index (χ3n) is 2.81. The van der Waals surface area contributed by atoms with Gasteiger partial charge in [0.25, 0.3) is 0 Å². The average Bonchev–Trinajstić information content (AvgIpc) is 2.75. The van der Waals surface area contributed by atoms with E-state index in [9.17, 15) is 0 Å². The summed E-state index contributed by atoms with van der Waals surface area (Å²) >= 11 is 0. The number of aromatic nitrogens is 3. The first-order chi connectivity index (χ1) is 8.22. The van der Waals surface area contributed by atoms with Crippen molar-refractivity contribution in [1.82, 2.24) is 19.9 Å². The Morgan fingerprint density at radius 3 is 3.00 bits per heavy atom. The summed E-state index contributed by atoms with van der Waals surface area (Å²) in [7, 11) is 3.99. The van der Waals surface area contributed by atoms with Crippen molar-refractivity contribution in [2.45, 2.75) is 13.3 Å². The molecule has 2 rings (SSSR count). The lowest BCUT2D eigenvalue weighted by molar-refractivity contribution is 0.703. The highest BCUT2D eigenvalue weighted by molar-refractivity contribution is 5.50. The first-order valence-electron chi connectivity index (χ1n) is 5.90. The van der Waals surface area contributed by atoms with Crippen molar-refractivity contribution in [3.8, 4) is 0 Å². The lowest BCUT2D eigenvalue weighted by Crippen LogP contribution is -2.23. The van der Waals surface area contributed by atoms with Gasteiger partial charge >= 0.3 is 0 Å². The van der Waals surface area contributed by atoms with Crippen molar-refractivity contribution >= 4 is 11.6 Å². The van der Waals surface area contributed by atoms with Crippen molar-refractivity contribution in [2.24, 2.45) is 0 Å². The summed E-state index contributed by atoms with van der Waals surface area (Å²) in [6.07, 6.45) is 3.02. The van der Waals surface area contributed by atoms with Gasteiger partial charge in [-0.3, -0.25) is 0 Å². The summed E-state index contributed by atoms with van der Waals surface area (Å²) in [5, 5.41) is 7.60. The number of aryl methyl sites for hydroxylation is 1. The van der Waals surface area contributed by atoms with Crippen LogP contribution < -0.4 is 10.2 Å². The van der Waals surface area contributed by atoms with Gasteiger partial charge < -0.3 is 10.2 Å². The standard InChI is InChI=1S/C12H19N5/c1-10-6-4-9-17-11(10)14-12(15-17)16(3)8-5-7-13-2/h4,6,9,13H,5,7-8H2,1-3H3. The molecular formula is C12H19N5. The first kappa shape index (κ1) is 11.9. The van der Waals surface area contributed by atoms with E-state index >= 15 is 0 Å². The minimum atomic E-state index is 0.787. The molecule has 1 N–H and O–H groups in total. The molecular weight excluding hydrogens is 214 g/mol. The summed E-state index contributed by atoms with van der Waals surface area (Å²) in [4.78, 5) is 6.64. The van der Waals surface area contributed by atoms with Crippen molar-refractivity contribution in [3.05, 3.63) is 23.9 Å². The maximum Gasteiger partial charge on any atom is 0.245 e. The molecule has 2 aromatic rings. The number of hydrogen-bond donors (Lipinski definition) is 1. The quantitative estimate of drug-likeness (QED) is 0.785. The molecule has 0 amide bonds. The van der Waals surface area contributed by atoms with E-state index in [1.807, 2.05) is 30.9 Å². The fourth-order valence-electron chi connectivity index (χ4n) is 1.78. The van der Waals surface area contributed by atoms with Crippen LogP contribution >= 0.6 is 0 Å². The maximum absolute atomic E-state index is 4.55. The molecule has 0 saturated heterocycles. The Kier molecular flexibility index (Phi) is 3.58. The Balaban J connectivity index is 2.16. The lowest BCUT2D eigenvalue weighted by Gasteiger charge is -2.13. The van der Waals surface area contributed by atoms with Crippen LogP contribution in [0.2, 0.25) is 0 Å². The third-order valence-corrected chi connectivity index (χ3v) is 2.81. The van der Waals surface area contributed by atoms with Crippen LogP contribution in [0.25, 0.3) is 5.65 Å².